The summed E-state index contributed by atoms with van der Waals surface area (Å²) in [6.45, 7) is 2.47. The topological polar surface area (TPSA) is 6.48 Å². The predicted molar refractivity (Wildman–Crippen MR) is 343 cm³/mol. The van der Waals surface area contributed by atoms with Crippen LogP contribution in [0.1, 0.15) is 5.56 Å². The number of para-hydroxylation sites is 4. The van der Waals surface area contributed by atoms with Gasteiger partial charge in [0.1, 0.15) is 0 Å². The van der Waals surface area contributed by atoms with Crippen LogP contribution in [0.15, 0.2) is 302 Å². The van der Waals surface area contributed by atoms with Crippen LogP contribution in [0.5, 0.6) is 0 Å². The molecule has 0 unspecified atom stereocenters. The maximum Gasteiger partial charge on any atom is 0.249 e. The van der Waals surface area contributed by atoms with Gasteiger partial charge in [0.15, 0.2) is 0 Å². The number of rotatable bonds is 8. The summed E-state index contributed by atoms with van der Waals surface area (Å²) in [5, 5.41) is 0. The number of hydrogen-bond acceptors (Lipinski definition) is 5. The minimum absolute atomic E-state index is 0.0140. The van der Waals surface area contributed by atoms with Crippen LogP contribution >= 0.6 is 35.3 Å². The van der Waals surface area contributed by atoms with Gasteiger partial charge in [0.05, 0.1) is 5.69 Å². The van der Waals surface area contributed by atoms with E-state index in [0.717, 1.165) is 22.7 Å². The van der Waals surface area contributed by atoms with E-state index in [0.29, 0.717) is 0 Å². The third kappa shape index (κ3) is 7.63. The molecule has 4 aliphatic heterocycles. The van der Waals surface area contributed by atoms with Gasteiger partial charge in [-0.25, -0.2) is 0 Å². The Balaban J connectivity index is 0.933. The molecule has 4 heterocycles. The highest BCUT2D eigenvalue weighted by Crippen LogP contribution is 2.51. The molecule has 4 aliphatic rings. The zero-order chi connectivity index (χ0) is 52.8. The molecule has 12 aromatic carbocycles. The molecule has 0 saturated heterocycles. The van der Waals surface area contributed by atoms with Crippen molar-refractivity contribution in [3.05, 3.63) is 279 Å². The van der Waals surface area contributed by atoms with Gasteiger partial charge >= 0.3 is 0 Å². The van der Waals surface area contributed by atoms with E-state index in [9.17, 15) is 0 Å². The van der Waals surface area contributed by atoms with Crippen LogP contribution in [0.2, 0.25) is 0 Å². The lowest BCUT2D eigenvalue weighted by Gasteiger charge is -2.43. The molecule has 0 aliphatic carbocycles. The Bertz CT molecular complexity index is 4330. The summed E-state index contributed by atoms with van der Waals surface area (Å²) in [7, 11) is 0. The highest BCUT2D eigenvalue weighted by Gasteiger charge is 2.46. The Kier molecular flexibility index (Phi) is 11.5. The second-order valence-electron chi connectivity index (χ2n) is 21.1. The molecule has 12 aromatic rings. The SMILES string of the molecule is Cc1c2c(cc3c1Sc1cc(N(c4ccccc4)c4ccccc4)cc4c1B3c1ccccc1N4c1ccccc1-c1ccccc1)B1c3ccccc3Sc3cc(-c4c(-c5ccccc5)cccc4-c4ccccc4)cc(c31)S2. The second kappa shape index (κ2) is 19.4. The molecule has 2 nitrogen and oxygen atoms in total. The standard InChI is InChI=1S/C73H48B2N2S3/c1-47-72-60(46-61-73(47)79-67-43-51(42-66-71(67)75(61)59-38-19-22-41-65(59)78-66)69-56(49-26-9-3-10-27-49)35-23-36-57(69)50-28-11-4-12-29-50)74-58-37-18-21-40-63(58)77(62-39-20-17-34-55(62)48-24-7-2-8-25-48)64-44-54(45-68(80-72)70(64)74)76(52-30-13-5-14-31-52)53-32-15-6-16-33-53/h2-46H,1H3. The van der Waals surface area contributed by atoms with Crippen LogP contribution in [-0.4, -0.2) is 13.4 Å². The molecule has 0 N–H and O–H groups in total. The van der Waals surface area contributed by atoms with Crippen LogP contribution in [0.4, 0.5) is 34.1 Å². The van der Waals surface area contributed by atoms with Crippen LogP contribution in [0, 0.1) is 6.92 Å². The summed E-state index contributed by atoms with van der Waals surface area (Å²) in [6, 6.07) is 101. The molecular weight excluding hydrogens is 1020 g/mol. The minimum Gasteiger partial charge on any atom is -0.311 e. The Labute approximate surface area is 481 Å². The maximum atomic E-state index is 2.66. The van der Waals surface area contributed by atoms with Crippen molar-refractivity contribution in [2.75, 3.05) is 9.80 Å². The van der Waals surface area contributed by atoms with Crippen molar-refractivity contribution >= 4 is 116 Å². The summed E-state index contributed by atoms with van der Waals surface area (Å²) < 4.78 is 0. The Hall–Kier alpha value is -8.58. The van der Waals surface area contributed by atoms with Gasteiger partial charge in [0, 0.05) is 63.4 Å². The number of benzene rings is 12. The molecule has 16 rings (SSSR count). The fourth-order valence-electron chi connectivity index (χ4n) is 13.2. The number of nitrogens with zero attached hydrogens (tertiary/aromatic N) is 2. The Morgan fingerprint density at radius 3 is 1.39 bits per heavy atom. The van der Waals surface area contributed by atoms with Gasteiger partial charge in [0.2, 0.25) is 13.4 Å². The van der Waals surface area contributed by atoms with Crippen LogP contribution in [-0.2, 0) is 0 Å². The number of fused-ring (bicyclic) bond motifs is 8. The summed E-state index contributed by atoms with van der Waals surface area (Å²) in [4.78, 5) is 13.0. The van der Waals surface area contributed by atoms with E-state index in [1.807, 2.05) is 35.3 Å². The van der Waals surface area contributed by atoms with Crippen molar-refractivity contribution in [3.8, 4) is 44.5 Å². The zero-order valence-electron chi connectivity index (χ0n) is 43.8. The average Bonchev–Trinajstić information content (AvgIpc) is 3.68. The third-order valence-corrected chi connectivity index (χ3v) is 20.3. The molecule has 0 aromatic heterocycles. The first kappa shape index (κ1) is 47.4. The summed E-state index contributed by atoms with van der Waals surface area (Å²) >= 11 is 5.89. The summed E-state index contributed by atoms with van der Waals surface area (Å²) in [5.41, 5.74) is 26.4. The van der Waals surface area contributed by atoms with Crippen molar-refractivity contribution in [3.63, 3.8) is 0 Å². The van der Waals surface area contributed by atoms with Gasteiger partial charge in [-0.3, -0.25) is 0 Å². The van der Waals surface area contributed by atoms with Crippen LogP contribution < -0.4 is 42.6 Å². The normalized spacial score (nSPS) is 13.1. The van der Waals surface area contributed by atoms with Crippen molar-refractivity contribution in [2.45, 2.75) is 36.3 Å². The molecule has 0 saturated carbocycles. The van der Waals surface area contributed by atoms with E-state index in [4.69, 9.17) is 0 Å². The molecule has 80 heavy (non-hydrogen) atoms. The Morgan fingerprint density at radius 2 is 0.775 bits per heavy atom. The van der Waals surface area contributed by atoms with Crippen molar-refractivity contribution in [1.29, 1.82) is 0 Å². The first-order valence-electron chi connectivity index (χ1n) is 27.5. The van der Waals surface area contributed by atoms with Gasteiger partial charge in [-0.2, -0.15) is 0 Å². The predicted octanol–water partition coefficient (Wildman–Crippen LogP) is 16.3. The molecule has 0 atom stereocenters. The molecule has 0 spiro atoms. The Morgan fingerprint density at radius 1 is 0.312 bits per heavy atom. The van der Waals surface area contributed by atoms with Crippen LogP contribution in [0.25, 0.3) is 44.5 Å². The summed E-state index contributed by atoms with van der Waals surface area (Å²) in [5.74, 6) is 0. The molecule has 0 amide bonds. The highest BCUT2D eigenvalue weighted by molar-refractivity contribution is 8.02. The monoisotopic (exact) mass is 1070 g/mol. The van der Waals surface area contributed by atoms with E-state index in [1.54, 1.807) is 0 Å². The molecule has 374 valence electrons. The first-order valence-corrected chi connectivity index (χ1v) is 29.9. The van der Waals surface area contributed by atoms with E-state index in [1.165, 1.54) is 124 Å². The first-order chi connectivity index (χ1) is 39.6. The fourth-order valence-corrected chi connectivity index (χ4v) is 17.1. The van der Waals surface area contributed by atoms with E-state index >= 15 is 0 Å². The molecule has 0 fully saturated rings. The van der Waals surface area contributed by atoms with Crippen molar-refractivity contribution < 1.29 is 0 Å². The van der Waals surface area contributed by atoms with E-state index < -0.39 is 0 Å². The third-order valence-electron chi connectivity index (χ3n) is 16.6. The largest absolute Gasteiger partial charge is 0.311 e. The lowest BCUT2D eigenvalue weighted by atomic mass is 9.32. The van der Waals surface area contributed by atoms with Gasteiger partial charge in [-0.05, 0) is 135 Å². The fraction of sp³-hybridized carbons (Fsp3) is 0.0137. The van der Waals surface area contributed by atoms with Gasteiger partial charge in [-0.1, -0.05) is 258 Å². The highest BCUT2D eigenvalue weighted by atomic mass is 32.2. The average molecular weight is 1070 g/mol. The zero-order valence-corrected chi connectivity index (χ0v) is 46.2. The van der Waals surface area contributed by atoms with E-state index in [2.05, 4.69) is 290 Å². The van der Waals surface area contributed by atoms with Crippen molar-refractivity contribution in [1.82, 2.24) is 0 Å². The molecular formula is C73H48B2N2S3. The lowest BCUT2D eigenvalue weighted by Crippen LogP contribution is -2.63. The maximum absolute atomic E-state index is 2.66. The molecule has 7 heteroatoms. The second-order valence-corrected chi connectivity index (χ2v) is 24.2. The molecule has 0 radical (unpaired) electrons. The van der Waals surface area contributed by atoms with Gasteiger partial charge < -0.3 is 9.80 Å². The quantitative estimate of drug-likeness (QED) is 0.140. The molecule has 0 bridgehead atoms. The van der Waals surface area contributed by atoms with E-state index in [-0.39, 0.29) is 13.4 Å². The van der Waals surface area contributed by atoms with Gasteiger partial charge in [-0.15, -0.1) is 0 Å². The lowest BCUT2D eigenvalue weighted by molar-refractivity contribution is 1.20. The number of hydrogen-bond donors (Lipinski definition) is 0. The minimum atomic E-state index is -0.0140. The summed E-state index contributed by atoms with van der Waals surface area (Å²) in [6.07, 6.45) is 0. The smallest absolute Gasteiger partial charge is 0.249 e. The van der Waals surface area contributed by atoms with Crippen LogP contribution in [0.3, 0.4) is 0 Å². The number of anilines is 6. The van der Waals surface area contributed by atoms with Gasteiger partial charge in [0.25, 0.3) is 0 Å². The van der Waals surface area contributed by atoms with Crippen molar-refractivity contribution in [2.24, 2.45) is 0 Å².